The van der Waals surface area contributed by atoms with Gasteiger partial charge in [-0.2, -0.15) is 0 Å². The highest BCUT2D eigenvalue weighted by atomic mass is 32.2. The number of benzene rings is 1. The third-order valence-electron chi connectivity index (χ3n) is 3.67. The van der Waals surface area contributed by atoms with Crippen molar-refractivity contribution in [3.05, 3.63) is 40.3 Å². The molecular weight excluding hydrogens is 384 g/mol. The third-order valence-corrected chi connectivity index (χ3v) is 5.85. The number of fused-ring (bicyclic) bond motifs is 1. The highest BCUT2D eigenvalue weighted by Crippen LogP contribution is 2.30. The van der Waals surface area contributed by atoms with E-state index in [0.29, 0.717) is 29.0 Å². The Labute approximate surface area is 164 Å². The Morgan fingerprint density at radius 2 is 2.15 bits per heavy atom. The molecule has 7 nitrogen and oxygen atoms in total. The number of rotatable bonds is 7. The fourth-order valence-corrected chi connectivity index (χ4v) is 4.32. The van der Waals surface area contributed by atoms with Gasteiger partial charge in [0.1, 0.15) is 5.75 Å². The SMILES string of the molecule is CCOc1ccc2nc(NC(=O)[C@H](CC)Sc3nc(C)cc(=O)[nH]3)sc2c1. The molecule has 1 atom stereocenters. The van der Waals surface area contributed by atoms with Crippen molar-refractivity contribution in [3.63, 3.8) is 0 Å². The molecule has 0 spiro atoms. The van der Waals surface area contributed by atoms with Crippen LogP contribution in [0.15, 0.2) is 34.2 Å². The Kier molecular flexibility index (Phi) is 6.12. The normalized spacial score (nSPS) is 12.1. The lowest BCUT2D eigenvalue weighted by Gasteiger charge is -2.12. The van der Waals surface area contributed by atoms with Crippen molar-refractivity contribution in [1.29, 1.82) is 0 Å². The first-order chi connectivity index (χ1) is 13.0. The number of aryl methyl sites for hydroxylation is 1. The Balaban J connectivity index is 1.74. The monoisotopic (exact) mass is 404 g/mol. The second-order valence-electron chi connectivity index (χ2n) is 5.78. The van der Waals surface area contributed by atoms with Crippen LogP contribution in [0.5, 0.6) is 5.75 Å². The topological polar surface area (TPSA) is 97.0 Å². The van der Waals surface area contributed by atoms with E-state index in [1.165, 1.54) is 29.2 Å². The minimum atomic E-state index is -0.388. The molecule has 0 fully saturated rings. The van der Waals surface area contributed by atoms with Crippen LogP contribution >= 0.6 is 23.1 Å². The average Bonchev–Trinajstić information content (AvgIpc) is 3.00. The zero-order valence-electron chi connectivity index (χ0n) is 15.2. The van der Waals surface area contributed by atoms with Gasteiger partial charge in [0, 0.05) is 11.8 Å². The lowest BCUT2D eigenvalue weighted by Crippen LogP contribution is -2.25. The molecule has 2 N–H and O–H groups in total. The molecule has 0 radical (unpaired) electrons. The minimum Gasteiger partial charge on any atom is -0.494 e. The van der Waals surface area contributed by atoms with Gasteiger partial charge in [-0.3, -0.25) is 9.59 Å². The highest BCUT2D eigenvalue weighted by molar-refractivity contribution is 8.00. The summed E-state index contributed by atoms with van der Waals surface area (Å²) in [4.78, 5) is 35.6. The summed E-state index contributed by atoms with van der Waals surface area (Å²) in [6.07, 6.45) is 0.591. The third kappa shape index (κ3) is 4.86. The molecule has 27 heavy (non-hydrogen) atoms. The summed E-state index contributed by atoms with van der Waals surface area (Å²) in [5, 5.41) is 3.46. The minimum absolute atomic E-state index is 0.171. The Hall–Kier alpha value is -2.39. The van der Waals surface area contributed by atoms with E-state index in [1.807, 2.05) is 32.0 Å². The number of thiazole rings is 1. The first-order valence-electron chi connectivity index (χ1n) is 8.57. The van der Waals surface area contributed by atoms with Gasteiger partial charge in [0.15, 0.2) is 10.3 Å². The number of carbonyl (C=O) groups excluding carboxylic acids is 1. The lowest BCUT2D eigenvalue weighted by atomic mass is 10.3. The zero-order valence-corrected chi connectivity index (χ0v) is 16.9. The van der Waals surface area contributed by atoms with Crippen molar-refractivity contribution in [2.75, 3.05) is 11.9 Å². The molecule has 3 aromatic rings. The number of anilines is 1. The molecule has 2 aromatic heterocycles. The fraction of sp³-hybridized carbons (Fsp3) is 0.333. The van der Waals surface area contributed by atoms with Gasteiger partial charge in [0.2, 0.25) is 5.91 Å². The lowest BCUT2D eigenvalue weighted by molar-refractivity contribution is -0.115. The quantitative estimate of drug-likeness (QED) is 0.461. The maximum absolute atomic E-state index is 12.7. The van der Waals surface area contributed by atoms with E-state index < -0.39 is 0 Å². The van der Waals surface area contributed by atoms with E-state index in [-0.39, 0.29) is 16.7 Å². The first-order valence-corrected chi connectivity index (χ1v) is 10.3. The van der Waals surface area contributed by atoms with Crippen LogP contribution in [0.2, 0.25) is 0 Å². The number of ether oxygens (including phenoxy) is 1. The van der Waals surface area contributed by atoms with Gasteiger partial charge >= 0.3 is 0 Å². The molecule has 0 aliphatic heterocycles. The number of aromatic nitrogens is 3. The number of hydrogen-bond donors (Lipinski definition) is 2. The zero-order chi connectivity index (χ0) is 19.4. The summed E-state index contributed by atoms with van der Waals surface area (Å²) in [7, 11) is 0. The smallest absolute Gasteiger partial charge is 0.251 e. The van der Waals surface area contributed by atoms with Gasteiger partial charge in [-0.15, -0.1) is 0 Å². The molecule has 0 saturated carbocycles. The van der Waals surface area contributed by atoms with Crippen molar-refractivity contribution in [2.24, 2.45) is 0 Å². The van der Waals surface area contributed by atoms with Crippen LogP contribution < -0.4 is 15.6 Å². The molecule has 1 aromatic carbocycles. The number of hydrogen-bond acceptors (Lipinski definition) is 7. The summed E-state index contributed by atoms with van der Waals surface area (Å²) in [6.45, 7) is 6.19. The summed E-state index contributed by atoms with van der Waals surface area (Å²) in [5.41, 5.74) is 1.20. The summed E-state index contributed by atoms with van der Waals surface area (Å²) in [6, 6.07) is 7.07. The van der Waals surface area contributed by atoms with E-state index in [2.05, 4.69) is 20.3 Å². The van der Waals surface area contributed by atoms with Gasteiger partial charge in [-0.1, -0.05) is 30.0 Å². The number of amides is 1. The molecule has 2 heterocycles. The molecule has 0 bridgehead atoms. The number of carbonyl (C=O) groups is 1. The summed E-state index contributed by atoms with van der Waals surface area (Å²) in [5.74, 6) is 0.610. The van der Waals surface area contributed by atoms with Gasteiger partial charge in [-0.25, -0.2) is 9.97 Å². The second-order valence-corrected chi connectivity index (χ2v) is 8.00. The molecule has 0 saturated heterocycles. The highest BCUT2D eigenvalue weighted by Gasteiger charge is 2.21. The summed E-state index contributed by atoms with van der Waals surface area (Å²) >= 11 is 2.64. The maximum Gasteiger partial charge on any atom is 0.251 e. The largest absolute Gasteiger partial charge is 0.494 e. The van der Waals surface area contributed by atoms with Crippen molar-refractivity contribution in [1.82, 2.24) is 15.0 Å². The number of thioether (sulfide) groups is 1. The molecule has 1 amide bonds. The Bertz CT molecular complexity index is 1020. The van der Waals surface area contributed by atoms with Crippen molar-refractivity contribution in [2.45, 2.75) is 37.6 Å². The molecule has 0 aliphatic carbocycles. The van der Waals surface area contributed by atoms with E-state index in [4.69, 9.17) is 4.74 Å². The molecular formula is C18H20N4O3S2. The number of nitrogens with zero attached hydrogens (tertiary/aromatic N) is 2. The standard InChI is InChI=1S/C18H20N4O3S2/c1-4-13(26-17-19-10(3)8-15(23)21-17)16(24)22-18-20-12-7-6-11(25-5-2)9-14(12)27-18/h6-9,13H,4-5H2,1-3H3,(H,19,21,23)(H,20,22,24)/t13-/m0/s1. The van der Waals surface area contributed by atoms with Gasteiger partial charge < -0.3 is 15.0 Å². The van der Waals surface area contributed by atoms with Crippen molar-refractivity contribution < 1.29 is 9.53 Å². The number of H-pyrrole nitrogens is 1. The second kappa shape index (κ2) is 8.53. The van der Waals surface area contributed by atoms with Crippen LogP contribution in [0.4, 0.5) is 5.13 Å². The predicted molar refractivity (Wildman–Crippen MR) is 109 cm³/mol. The van der Waals surface area contributed by atoms with E-state index in [1.54, 1.807) is 6.92 Å². The Morgan fingerprint density at radius 1 is 1.33 bits per heavy atom. The fourth-order valence-electron chi connectivity index (χ4n) is 2.47. The molecule has 3 rings (SSSR count). The van der Waals surface area contributed by atoms with Gasteiger partial charge in [0.25, 0.3) is 5.56 Å². The van der Waals surface area contributed by atoms with Gasteiger partial charge in [-0.05, 0) is 38.5 Å². The molecule has 0 aliphatic rings. The van der Waals surface area contributed by atoms with Crippen molar-refractivity contribution >= 4 is 44.4 Å². The molecule has 0 unspecified atom stereocenters. The molecule has 9 heteroatoms. The Morgan fingerprint density at radius 3 is 2.85 bits per heavy atom. The maximum atomic E-state index is 12.7. The number of nitrogens with one attached hydrogen (secondary N) is 2. The van der Waals surface area contributed by atoms with Crippen LogP contribution in [0.3, 0.4) is 0 Å². The van der Waals surface area contributed by atoms with E-state index >= 15 is 0 Å². The van der Waals surface area contributed by atoms with Crippen LogP contribution in [0, 0.1) is 6.92 Å². The van der Waals surface area contributed by atoms with E-state index in [9.17, 15) is 9.59 Å². The van der Waals surface area contributed by atoms with Crippen molar-refractivity contribution in [3.8, 4) is 5.75 Å². The number of aromatic amines is 1. The van der Waals surface area contributed by atoms with E-state index in [0.717, 1.165) is 16.0 Å². The van der Waals surface area contributed by atoms with Gasteiger partial charge in [0.05, 0.1) is 22.1 Å². The van der Waals surface area contributed by atoms with Crippen LogP contribution in [-0.2, 0) is 4.79 Å². The average molecular weight is 405 g/mol. The first kappa shape index (κ1) is 19.4. The van der Waals surface area contributed by atoms with Crippen LogP contribution in [0.25, 0.3) is 10.2 Å². The predicted octanol–water partition coefficient (Wildman–Crippen LogP) is 3.60. The van der Waals surface area contributed by atoms with Crippen LogP contribution in [-0.4, -0.2) is 32.7 Å². The van der Waals surface area contributed by atoms with Crippen LogP contribution in [0.1, 0.15) is 26.0 Å². The molecule has 142 valence electrons. The summed E-state index contributed by atoms with van der Waals surface area (Å²) < 4.78 is 6.44.